The number of nitrogens with one attached hydrogen (secondary N) is 1. The van der Waals surface area contributed by atoms with Crippen LogP contribution in [0.25, 0.3) is 10.9 Å². The summed E-state index contributed by atoms with van der Waals surface area (Å²) in [6.07, 6.45) is 0.504. The minimum atomic E-state index is -0.367. The number of ketones is 1. The van der Waals surface area contributed by atoms with Crippen LogP contribution in [0, 0.1) is 0 Å². The van der Waals surface area contributed by atoms with Gasteiger partial charge in [0.2, 0.25) is 0 Å². The number of alkyl halides is 1. The Hall–Kier alpha value is -1.62. The molecule has 0 spiro atoms. The molecule has 4 nitrogen and oxygen atoms in total. The van der Waals surface area contributed by atoms with Gasteiger partial charge in [0.25, 0.3) is 0 Å². The molecule has 1 aliphatic carbocycles. The van der Waals surface area contributed by atoms with E-state index in [1.54, 1.807) is 13.0 Å². The first-order chi connectivity index (χ1) is 9.13. The van der Waals surface area contributed by atoms with Gasteiger partial charge >= 0.3 is 5.97 Å². The zero-order valence-electron chi connectivity index (χ0n) is 10.3. The molecule has 0 fully saturated rings. The van der Waals surface area contributed by atoms with Crippen molar-refractivity contribution in [2.75, 3.05) is 6.61 Å². The lowest BCUT2D eigenvalue weighted by Gasteiger charge is -2.17. The predicted octanol–water partition coefficient (Wildman–Crippen LogP) is 2.85. The summed E-state index contributed by atoms with van der Waals surface area (Å²) in [4.78, 5) is 26.9. The van der Waals surface area contributed by atoms with Crippen LogP contribution in [0.15, 0.2) is 18.2 Å². The average molecular weight is 322 g/mol. The molecule has 1 heterocycles. The SMILES string of the molecule is CCOC(=O)c1[nH]c2cccc3c2c1C[C@@H](Br)C3=O. The van der Waals surface area contributed by atoms with E-state index in [-0.39, 0.29) is 16.6 Å². The van der Waals surface area contributed by atoms with Gasteiger partial charge < -0.3 is 9.72 Å². The van der Waals surface area contributed by atoms with Gasteiger partial charge in [0.15, 0.2) is 5.78 Å². The van der Waals surface area contributed by atoms with E-state index in [0.29, 0.717) is 24.3 Å². The van der Waals surface area contributed by atoms with Crippen molar-refractivity contribution in [1.29, 1.82) is 0 Å². The number of ether oxygens (including phenoxy) is 1. The highest BCUT2D eigenvalue weighted by atomic mass is 79.9. The molecular weight excluding hydrogens is 310 g/mol. The quantitative estimate of drug-likeness (QED) is 0.683. The lowest BCUT2D eigenvalue weighted by Crippen LogP contribution is -2.23. The molecule has 0 bridgehead atoms. The van der Waals surface area contributed by atoms with Gasteiger partial charge in [-0.1, -0.05) is 28.1 Å². The first-order valence-corrected chi connectivity index (χ1v) is 7.04. The van der Waals surface area contributed by atoms with Crippen molar-refractivity contribution in [2.24, 2.45) is 0 Å². The Labute approximate surface area is 118 Å². The van der Waals surface area contributed by atoms with E-state index in [2.05, 4.69) is 20.9 Å². The maximum absolute atomic E-state index is 12.1. The fourth-order valence-corrected chi connectivity index (χ4v) is 3.11. The van der Waals surface area contributed by atoms with Gasteiger partial charge in [-0.25, -0.2) is 4.79 Å². The number of carbonyl (C=O) groups excluding carboxylic acids is 2. The van der Waals surface area contributed by atoms with Crippen molar-refractivity contribution in [3.05, 3.63) is 35.0 Å². The normalized spacial score (nSPS) is 17.8. The third-order valence-corrected chi connectivity index (χ3v) is 4.08. The highest BCUT2D eigenvalue weighted by molar-refractivity contribution is 9.10. The minimum Gasteiger partial charge on any atom is -0.461 e. The Kier molecular flexibility index (Phi) is 2.93. The first-order valence-electron chi connectivity index (χ1n) is 6.12. The van der Waals surface area contributed by atoms with Crippen molar-refractivity contribution in [3.63, 3.8) is 0 Å². The van der Waals surface area contributed by atoms with E-state index in [1.807, 2.05) is 12.1 Å². The van der Waals surface area contributed by atoms with Gasteiger partial charge in [-0.05, 0) is 25.0 Å². The fraction of sp³-hybridized carbons (Fsp3) is 0.286. The predicted molar refractivity (Wildman–Crippen MR) is 75.0 cm³/mol. The second-order valence-corrected chi connectivity index (χ2v) is 5.57. The molecule has 98 valence electrons. The van der Waals surface area contributed by atoms with Crippen LogP contribution in [0.3, 0.4) is 0 Å². The van der Waals surface area contributed by atoms with Gasteiger partial charge in [0.05, 0.1) is 11.4 Å². The Balaban J connectivity index is 2.26. The number of halogens is 1. The molecule has 1 N–H and O–H groups in total. The summed E-state index contributed by atoms with van der Waals surface area (Å²) < 4.78 is 5.06. The van der Waals surface area contributed by atoms with Crippen LogP contribution in [-0.4, -0.2) is 28.2 Å². The van der Waals surface area contributed by atoms with E-state index in [0.717, 1.165) is 16.5 Å². The van der Waals surface area contributed by atoms with E-state index in [4.69, 9.17) is 4.74 Å². The molecule has 1 aromatic carbocycles. The zero-order valence-corrected chi connectivity index (χ0v) is 11.9. The van der Waals surface area contributed by atoms with Gasteiger partial charge in [-0.3, -0.25) is 4.79 Å². The van der Waals surface area contributed by atoms with Crippen molar-refractivity contribution < 1.29 is 14.3 Å². The Morgan fingerprint density at radius 3 is 3.05 bits per heavy atom. The third-order valence-electron chi connectivity index (χ3n) is 3.34. The molecule has 0 unspecified atom stereocenters. The fourth-order valence-electron chi connectivity index (χ4n) is 2.54. The van der Waals surface area contributed by atoms with Crippen molar-refractivity contribution in [2.45, 2.75) is 18.2 Å². The lowest BCUT2D eigenvalue weighted by molar-refractivity contribution is 0.0519. The number of rotatable bonds is 2. The highest BCUT2D eigenvalue weighted by Gasteiger charge is 2.31. The Morgan fingerprint density at radius 2 is 2.32 bits per heavy atom. The summed E-state index contributed by atoms with van der Waals surface area (Å²) >= 11 is 3.38. The number of hydrogen-bond acceptors (Lipinski definition) is 3. The second kappa shape index (κ2) is 4.49. The summed E-state index contributed by atoms with van der Waals surface area (Å²) in [5.41, 5.74) is 2.79. The number of hydrogen-bond donors (Lipinski definition) is 1. The number of aromatic nitrogens is 1. The third kappa shape index (κ3) is 1.80. The molecule has 1 aromatic heterocycles. The van der Waals surface area contributed by atoms with Gasteiger partial charge in [0, 0.05) is 16.5 Å². The smallest absolute Gasteiger partial charge is 0.355 e. The number of H-pyrrole nitrogens is 1. The van der Waals surface area contributed by atoms with E-state index >= 15 is 0 Å². The van der Waals surface area contributed by atoms with E-state index in [1.165, 1.54) is 0 Å². The molecule has 19 heavy (non-hydrogen) atoms. The van der Waals surface area contributed by atoms with Gasteiger partial charge in [-0.15, -0.1) is 0 Å². The van der Waals surface area contributed by atoms with E-state index < -0.39 is 0 Å². The van der Waals surface area contributed by atoms with Gasteiger partial charge in [0.1, 0.15) is 5.69 Å². The van der Waals surface area contributed by atoms with Crippen molar-refractivity contribution in [1.82, 2.24) is 4.98 Å². The monoisotopic (exact) mass is 321 g/mol. The molecule has 1 atom stereocenters. The first kappa shape index (κ1) is 12.4. The topological polar surface area (TPSA) is 59.2 Å². The Morgan fingerprint density at radius 1 is 1.53 bits per heavy atom. The van der Waals surface area contributed by atoms with Crippen molar-refractivity contribution >= 4 is 38.6 Å². The summed E-state index contributed by atoms with van der Waals surface area (Å²) in [5.74, 6) is -0.304. The number of aromatic amines is 1. The number of benzene rings is 1. The molecule has 2 aromatic rings. The maximum Gasteiger partial charge on any atom is 0.355 e. The second-order valence-electron chi connectivity index (χ2n) is 4.46. The van der Waals surface area contributed by atoms with E-state index in [9.17, 15) is 9.59 Å². The summed E-state index contributed by atoms with van der Waals surface area (Å²) in [5, 5.41) is 0.853. The van der Waals surface area contributed by atoms with Crippen LogP contribution in [0.1, 0.15) is 33.3 Å². The largest absolute Gasteiger partial charge is 0.461 e. The van der Waals surface area contributed by atoms with Crippen LogP contribution in [0.2, 0.25) is 0 Å². The van der Waals surface area contributed by atoms with Crippen LogP contribution in [-0.2, 0) is 11.2 Å². The molecule has 5 heteroatoms. The molecular formula is C14H12BrNO3. The number of Topliss-reactive ketones (excluding diaryl/α,β-unsaturated/α-hetero) is 1. The molecule has 0 saturated heterocycles. The number of esters is 1. The summed E-state index contributed by atoms with van der Waals surface area (Å²) in [6, 6.07) is 5.48. The summed E-state index contributed by atoms with van der Waals surface area (Å²) in [7, 11) is 0. The maximum atomic E-state index is 12.1. The average Bonchev–Trinajstić information content (AvgIpc) is 2.76. The number of carbonyl (C=O) groups is 2. The molecule has 0 amide bonds. The van der Waals surface area contributed by atoms with Crippen LogP contribution < -0.4 is 0 Å². The zero-order chi connectivity index (χ0) is 13.6. The van der Waals surface area contributed by atoms with Crippen LogP contribution >= 0.6 is 15.9 Å². The molecule has 0 saturated carbocycles. The van der Waals surface area contributed by atoms with Crippen LogP contribution in [0.4, 0.5) is 0 Å². The Bertz CT molecular complexity index is 689. The van der Waals surface area contributed by atoms with Crippen LogP contribution in [0.5, 0.6) is 0 Å². The highest BCUT2D eigenvalue weighted by Crippen LogP contribution is 2.34. The minimum absolute atomic E-state index is 0.0625. The molecule has 0 aliphatic heterocycles. The standard InChI is InChI=1S/C14H12BrNO3/c1-2-19-14(18)12-8-6-9(15)13(17)7-4-3-5-10(16-12)11(7)8/h3-5,9,16H,2,6H2,1H3/t9-/m1/s1. The van der Waals surface area contributed by atoms with Crippen molar-refractivity contribution in [3.8, 4) is 0 Å². The molecule has 1 aliphatic rings. The lowest BCUT2D eigenvalue weighted by atomic mass is 9.90. The molecule has 0 radical (unpaired) electrons. The molecule has 3 rings (SSSR count). The van der Waals surface area contributed by atoms with Gasteiger partial charge in [-0.2, -0.15) is 0 Å². The summed E-state index contributed by atoms with van der Waals surface area (Å²) in [6.45, 7) is 2.10.